The Labute approximate surface area is 672 Å². The lowest BCUT2D eigenvalue weighted by molar-refractivity contribution is -0.143. The molecule has 0 amide bonds. The highest BCUT2D eigenvalue weighted by Crippen LogP contribution is 2.34. The molecule has 0 saturated heterocycles. The summed E-state index contributed by atoms with van der Waals surface area (Å²) in [5.41, 5.74) is 15.6. The van der Waals surface area contributed by atoms with Gasteiger partial charge in [-0.1, -0.05) is 113 Å². The van der Waals surface area contributed by atoms with E-state index in [4.69, 9.17) is 48.9 Å². The van der Waals surface area contributed by atoms with Gasteiger partial charge in [0, 0.05) is 67.8 Å². The Morgan fingerprint density at radius 3 is 0.857 bits per heavy atom. The third-order valence-electron chi connectivity index (χ3n) is 17.1. The number of aryl methyl sites for hydroxylation is 4. The fourth-order valence-corrected chi connectivity index (χ4v) is 14.4. The van der Waals surface area contributed by atoms with Crippen LogP contribution < -0.4 is 21.3 Å². The van der Waals surface area contributed by atoms with Crippen LogP contribution in [0.15, 0.2) is 192 Å². The SMILES string of the molecule is C=CCc1c(C)nc(-c2cccs2)nc1Nc1ccc(CC(=O)OCC)cc1.C=CCc1c(CC)nc(-c2cccs2)nc1Nc1ccc(CC(=O)OCC)cc1.CCOC(=O)Cc1ccc(Nc2nc(-c3cccs3)nc(C)c2CC)cc1.CCOC(=O)Cc1ccc(Nc2nc(-c3cccs3)nc(CC)c2CC)cc1. The van der Waals surface area contributed by atoms with Gasteiger partial charge in [0.25, 0.3) is 0 Å². The highest BCUT2D eigenvalue weighted by Gasteiger charge is 2.20. The number of aromatic nitrogens is 8. The van der Waals surface area contributed by atoms with E-state index in [9.17, 15) is 19.2 Å². The largest absolute Gasteiger partial charge is 0.466 e. The van der Waals surface area contributed by atoms with Gasteiger partial charge in [0.15, 0.2) is 23.3 Å². The molecule has 112 heavy (non-hydrogen) atoms. The molecule has 0 spiro atoms. The third-order valence-corrected chi connectivity index (χ3v) is 20.6. The minimum atomic E-state index is -0.219. The molecule has 0 fully saturated rings. The van der Waals surface area contributed by atoms with Gasteiger partial charge < -0.3 is 40.2 Å². The predicted molar refractivity (Wildman–Crippen MR) is 456 cm³/mol. The fourth-order valence-electron chi connectivity index (χ4n) is 11.7. The average Bonchev–Trinajstić information content (AvgIpc) is 1.42. The first-order chi connectivity index (χ1) is 54.5. The molecule has 8 heterocycles. The summed E-state index contributed by atoms with van der Waals surface area (Å²) in [6.07, 6.45) is 9.58. The van der Waals surface area contributed by atoms with Crippen LogP contribution in [0.2, 0.25) is 0 Å². The van der Waals surface area contributed by atoms with Crippen LogP contribution in [0.5, 0.6) is 0 Å². The van der Waals surface area contributed by atoms with Crippen molar-refractivity contribution in [1.82, 2.24) is 39.9 Å². The van der Waals surface area contributed by atoms with Crippen molar-refractivity contribution >= 4 is 115 Å². The number of anilines is 8. The highest BCUT2D eigenvalue weighted by molar-refractivity contribution is 7.14. The number of rotatable bonds is 32. The lowest BCUT2D eigenvalue weighted by Gasteiger charge is -2.15. The van der Waals surface area contributed by atoms with Crippen LogP contribution in [-0.4, -0.2) is 90.2 Å². The molecule has 0 aliphatic rings. The lowest BCUT2D eigenvalue weighted by atomic mass is 10.1. The smallest absolute Gasteiger partial charge is 0.310 e. The molecule has 0 aliphatic heterocycles. The molecule has 0 bridgehead atoms. The van der Waals surface area contributed by atoms with E-state index < -0.39 is 0 Å². The second-order valence-corrected chi connectivity index (χ2v) is 28.9. The van der Waals surface area contributed by atoms with Gasteiger partial charge in [-0.3, -0.25) is 19.2 Å². The minimum absolute atomic E-state index is 0.208. The third kappa shape index (κ3) is 24.8. The van der Waals surface area contributed by atoms with E-state index in [1.807, 2.05) is 214 Å². The van der Waals surface area contributed by atoms with E-state index in [2.05, 4.69) is 72.1 Å². The summed E-state index contributed by atoms with van der Waals surface area (Å²) in [5, 5.41) is 21.8. The zero-order chi connectivity index (χ0) is 79.7. The molecule has 0 unspecified atom stereocenters. The molecular weight excluding hydrogens is 1480 g/mol. The van der Waals surface area contributed by atoms with E-state index in [-0.39, 0.29) is 49.6 Å². The molecule has 0 saturated carbocycles. The predicted octanol–water partition coefficient (Wildman–Crippen LogP) is 20.5. The Balaban J connectivity index is 0.000000171. The zero-order valence-electron chi connectivity index (χ0n) is 65.1. The number of benzene rings is 4. The van der Waals surface area contributed by atoms with Crippen molar-refractivity contribution in [2.24, 2.45) is 0 Å². The van der Waals surface area contributed by atoms with Gasteiger partial charge in [0.2, 0.25) is 0 Å². The maximum absolute atomic E-state index is 11.7. The molecule has 0 atom stereocenters. The maximum Gasteiger partial charge on any atom is 0.310 e. The number of hydrogen-bond acceptors (Lipinski definition) is 24. The van der Waals surface area contributed by atoms with E-state index in [0.717, 1.165) is 176 Å². The van der Waals surface area contributed by atoms with E-state index in [0.29, 0.717) is 45.1 Å². The van der Waals surface area contributed by atoms with Crippen molar-refractivity contribution in [2.75, 3.05) is 47.7 Å². The van der Waals surface area contributed by atoms with E-state index >= 15 is 0 Å². The first kappa shape index (κ1) is 84.6. The number of thiophene rings is 4. The van der Waals surface area contributed by atoms with Crippen LogP contribution in [0, 0.1) is 13.8 Å². The topological polar surface area (TPSA) is 256 Å². The highest BCUT2D eigenvalue weighted by atomic mass is 32.1. The Morgan fingerprint density at radius 1 is 0.330 bits per heavy atom. The van der Waals surface area contributed by atoms with E-state index in [1.165, 1.54) is 0 Å². The Hall–Kier alpha value is -11.4. The van der Waals surface area contributed by atoms with Gasteiger partial charge in [-0.15, -0.1) is 58.5 Å². The molecule has 20 nitrogen and oxygen atoms in total. The van der Waals surface area contributed by atoms with Crippen molar-refractivity contribution < 1.29 is 38.1 Å². The van der Waals surface area contributed by atoms with Crippen molar-refractivity contribution in [3.63, 3.8) is 0 Å². The number of nitrogens with zero attached hydrogens (tertiary/aromatic N) is 8. The fraction of sp³-hybridized carbons (Fsp3) is 0.273. The van der Waals surface area contributed by atoms with Crippen molar-refractivity contribution in [1.29, 1.82) is 0 Å². The normalized spacial score (nSPS) is 10.6. The van der Waals surface area contributed by atoms with Crippen LogP contribution in [0.1, 0.15) is 123 Å². The minimum Gasteiger partial charge on any atom is -0.466 e. The average molecular weight is 1580 g/mol. The Morgan fingerprint density at radius 2 is 0.589 bits per heavy atom. The van der Waals surface area contributed by atoms with Gasteiger partial charge in [0.1, 0.15) is 23.3 Å². The van der Waals surface area contributed by atoms with Gasteiger partial charge in [-0.2, -0.15) is 0 Å². The molecular formula is C88H96N12O8S4. The molecule has 24 heteroatoms. The van der Waals surface area contributed by atoms with Gasteiger partial charge in [-0.25, -0.2) is 39.9 Å². The molecule has 8 aromatic heterocycles. The summed E-state index contributed by atoms with van der Waals surface area (Å²) in [4.78, 5) is 88.7. The Bertz CT molecular complexity index is 5000. The summed E-state index contributed by atoms with van der Waals surface area (Å²) in [6.45, 7) is 29.0. The van der Waals surface area contributed by atoms with Crippen LogP contribution >= 0.6 is 45.3 Å². The molecule has 0 radical (unpaired) electrons. The molecule has 12 aromatic rings. The van der Waals surface area contributed by atoms with E-state index in [1.54, 1.807) is 52.3 Å². The second kappa shape index (κ2) is 43.8. The number of carbonyl (C=O) groups is 4. The van der Waals surface area contributed by atoms with Crippen molar-refractivity contribution in [2.45, 2.75) is 133 Å². The first-order valence-electron chi connectivity index (χ1n) is 37.5. The molecule has 4 aromatic carbocycles. The van der Waals surface area contributed by atoms with Gasteiger partial charge >= 0.3 is 23.9 Å². The molecule has 0 aliphatic carbocycles. The first-order valence-corrected chi connectivity index (χ1v) is 41.0. The summed E-state index contributed by atoms with van der Waals surface area (Å²) in [5.74, 6) is 5.31. The summed E-state index contributed by atoms with van der Waals surface area (Å²) in [6, 6.07) is 47.2. The number of esters is 4. The standard InChI is InChI=1S/C23H25N3O2S.C22H23N3O2S.C22H25N3O2S.C21H23N3O2S/c1-4-8-18-19(5-2)25-23(20-9-7-14-29-20)26-22(18)24-17-12-10-16(11-13-17)15-21(27)28-6-3;1-4-7-18-15(3)23-22(19-8-6-13-28-19)25-21(18)24-17-11-9-16(10-12-17)14-20(26)27-5-2;1-4-17-18(5-2)24-22(19-8-7-13-28-19)25-21(17)23-16-11-9-15(10-12-16)14-20(26)27-6-3;1-4-17-14(3)22-21(18-7-6-12-27-18)24-20(17)23-16-10-8-15(9-11-16)13-19(25)26-5-2/h4,7,9-14H,1,5-6,8,15H2,2-3H3,(H,24,25,26);4,6,8-13H,1,5,7,14H2,2-3H3,(H,23,24,25);7-13H,4-6,14H2,1-3H3,(H,23,24,25);6-12H,4-5,13H2,1-3H3,(H,22,23,24). The van der Waals surface area contributed by atoms with Crippen LogP contribution in [0.4, 0.5) is 46.0 Å². The molecule has 580 valence electrons. The maximum atomic E-state index is 11.7. The summed E-state index contributed by atoms with van der Waals surface area (Å²) in [7, 11) is 0. The van der Waals surface area contributed by atoms with Crippen LogP contribution in [0.25, 0.3) is 42.8 Å². The monoisotopic (exact) mass is 1580 g/mol. The Kier molecular flexibility index (Phi) is 33.1. The van der Waals surface area contributed by atoms with Gasteiger partial charge in [-0.05, 0) is 197 Å². The second-order valence-electron chi connectivity index (χ2n) is 25.1. The lowest BCUT2D eigenvalue weighted by Crippen LogP contribution is -2.08. The number of ether oxygens (including phenoxy) is 4. The molecule has 4 N–H and O–H groups in total. The van der Waals surface area contributed by atoms with Crippen molar-refractivity contribution in [3.8, 4) is 42.8 Å². The quantitative estimate of drug-likeness (QED) is 0.0174. The summed E-state index contributed by atoms with van der Waals surface area (Å²) >= 11 is 6.50. The number of allylic oxidation sites excluding steroid dienone is 2. The van der Waals surface area contributed by atoms with Crippen molar-refractivity contribution in [3.05, 3.63) is 260 Å². The van der Waals surface area contributed by atoms with Crippen LogP contribution in [0.3, 0.4) is 0 Å². The number of carbonyl (C=O) groups excluding carboxylic acids is 4. The molecule has 12 rings (SSSR count). The number of hydrogen-bond donors (Lipinski definition) is 4. The zero-order valence-corrected chi connectivity index (χ0v) is 68.4. The van der Waals surface area contributed by atoms with Crippen LogP contribution in [-0.2, 0) is 102 Å². The number of nitrogens with one attached hydrogen (secondary N) is 4. The summed E-state index contributed by atoms with van der Waals surface area (Å²) < 4.78 is 20.0. The van der Waals surface area contributed by atoms with Gasteiger partial charge in [0.05, 0.1) is 71.6 Å².